The zero-order chi connectivity index (χ0) is 21.4. The van der Waals surface area contributed by atoms with Crippen LogP contribution in [0.4, 0.5) is 19.1 Å². The molecule has 0 saturated carbocycles. The van der Waals surface area contributed by atoms with Gasteiger partial charge in [0.25, 0.3) is 0 Å². The summed E-state index contributed by atoms with van der Waals surface area (Å²) in [5, 5.41) is 3.30. The maximum absolute atomic E-state index is 12.2. The van der Waals surface area contributed by atoms with Gasteiger partial charge in [-0.05, 0) is 30.7 Å². The third-order valence-electron chi connectivity index (χ3n) is 4.49. The van der Waals surface area contributed by atoms with E-state index in [-0.39, 0.29) is 29.7 Å². The van der Waals surface area contributed by atoms with Gasteiger partial charge in [0.05, 0.1) is 6.54 Å². The maximum Gasteiger partial charge on any atom is 0.422 e. The van der Waals surface area contributed by atoms with E-state index in [4.69, 9.17) is 4.74 Å². The van der Waals surface area contributed by atoms with Gasteiger partial charge >= 0.3 is 6.18 Å². The van der Waals surface area contributed by atoms with E-state index < -0.39 is 12.8 Å². The SMILES string of the molecule is CCNC(=NCc1ccc(OCC(F)(F)F)cc1)N1CCN(c2ncccn2)CC1.I. The number of hydrogen-bond acceptors (Lipinski definition) is 5. The molecular weight excluding hydrogens is 524 g/mol. The molecule has 0 unspecified atom stereocenters. The Morgan fingerprint density at radius 1 is 1.10 bits per heavy atom. The molecule has 1 N–H and O–H groups in total. The first-order chi connectivity index (χ1) is 14.4. The van der Waals surface area contributed by atoms with Crippen molar-refractivity contribution in [2.45, 2.75) is 19.6 Å². The molecule has 0 atom stereocenters. The summed E-state index contributed by atoms with van der Waals surface area (Å²) in [4.78, 5) is 17.6. The molecule has 2 heterocycles. The highest BCUT2D eigenvalue weighted by atomic mass is 127. The van der Waals surface area contributed by atoms with E-state index >= 15 is 0 Å². The monoisotopic (exact) mass is 550 g/mol. The molecule has 1 aliphatic rings. The van der Waals surface area contributed by atoms with E-state index in [1.54, 1.807) is 30.6 Å². The number of ether oxygens (including phenoxy) is 1. The summed E-state index contributed by atoms with van der Waals surface area (Å²) in [6.07, 6.45) is -0.875. The summed E-state index contributed by atoms with van der Waals surface area (Å²) in [6, 6.07) is 8.31. The van der Waals surface area contributed by atoms with Gasteiger partial charge in [-0.25, -0.2) is 15.0 Å². The van der Waals surface area contributed by atoms with Crippen molar-refractivity contribution in [3.63, 3.8) is 0 Å². The summed E-state index contributed by atoms with van der Waals surface area (Å²) in [7, 11) is 0. The Labute approximate surface area is 196 Å². The van der Waals surface area contributed by atoms with Gasteiger partial charge in [0.15, 0.2) is 12.6 Å². The highest BCUT2D eigenvalue weighted by Crippen LogP contribution is 2.19. The average Bonchev–Trinajstić information content (AvgIpc) is 2.76. The van der Waals surface area contributed by atoms with Gasteiger partial charge in [-0.3, -0.25) is 0 Å². The first kappa shape index (κ1) is 25.0. The Hall–Kier alpha value is -2.31. The molecule has 2 aromatic rings. The van der Waals surface area contributed by atoms with Crippen molar-refractivity contribution in [1.29, 1.82) is 0 Å². The molecule has 1 saturated heterocycles. The van der Waals surface area contributed by atoms with Gasteiger partial charge in [0.2, 0.25) is 5.95 Å². The van der Waals surface area contributed by atoms with E-state index in [2.05, 4.69) is 30.1 Å². The molecule has 1 aromatic carbocycles. The minimum absolute atomic E-state index is 0. The van der Waals surface area contributed by atoms with Crippen LogP contribution in [0.5, 0.6) is 5.75 Å². The summed E-state index contributed by atoms with van der Waals surface area (Å²) < 4.78 is 41.4. The van der Waals surface area contributed by atoms with Crippen LogP contribution in [-0.2, 0) is 6.54 Å². The number of guanidine groups is 1. The lowest BCUT2D eigenvalue weighted by atomic mass is 10.2. The number of hydrogen-bond donors (Lipinski definition) is 1. The number of rotatable bonds is 6. The van der Waals surface area contributed by atoms with Crippen molar-refractivity contribution in [1.82, 2.24) is 20.2 Å². The van der Waals surface area contributed by atoms with E-state index in [1.807, 2.05) is 6.92 Å². The third kappa shape index (κ3) is 8.04. The van der Waals surface area contributed by atoms with Gasteiger partial charge in [-0.15, -0.1) is 24.0 Å². The van der Waals surface area contributed by atoms with E-state index in [0.717, 1.165) is 50.2 Å². The molecule has 31 heavy (non-hydrogen) atoms. The average molecular weight is 550 g/mol. The van der Waals surface area contributed by atoms with Crippen LogP contribution in [0.15, 0.2) is 47.7 Å². The molecule has 0 radical (unpaired) electrons. The predicted octanol–water partition coefficient (Wildman–Crippen LogP) is 3.32. The standard InChI is InChI=1S/C20H25F3N6O.HI/c1-2-24-18(28-10-12-29(13-11-28)19-25-8-3-9-26-19)27-14-16-4-6-17(7-5-16)30-15-20(21,22)23;/h3-9H,2,10-15H2,1H3,(H,24,27);1H. The van der Waals surface area contributed by atoms with Crippen molar-refractivity contribution in [2.75, 3.05) is 44.2 Å². The van der Waals surface area contributed by atoms with Gasteiger partial charge in [0, 0.05) is 45.1 Å². The van der Waals surface area contributed by atoms with Gasteiger partial charge in [0.1, 0.15) is 5.75 Å². The molecule has 7 nitrogen and oxygen atoms in total. The number of anilines is 1. The number of piperazine rings is 1. The third-order valence-corrected chi connectivity index (χ3v) is 4.49. The van der Waals surface area contributed by atoms with Crippen molar-refractivity contribution < 1.29 is 17.9 Å². The topological polar surface area (TPSA) is 65.9 Å². The smallest absolute Gasteiger partial charge is 0.422 e. The Balaban J connectivity index is 0.00000341. The van der Waals surface area contributed by atoms with Crippen LogP contribution in [0.3, 0.4) is 0 Å². The van der Waals surface area contributed by atoms with Crippen LogP contribution < -0.4 is 15.0 Å². The highest BCUT2D eigenvalue weighted by Gasteiger charge is 2.28. The van der Waals surface area contributed by atoms with E-state index in [0.29, 0.717) is 6.54 Å². The minimum atomic E-state index is -4.35. The fourth-order valence-electron chi connectivity index (χ4n) is 3.02. The van der Waals surface area contributed by atoms with Crippen molar-refractivity contribution in [3.05, 3.63) is 48.3 Å². The summed E-state index contributed by atoms with van der Waals surface area (Å²) in [5.41, 5.74) is 0.890. The molecule has 1 aliphatic heterocycles. The molecule has 0 spiro atoms. The molecular formula is C20H26F3IN6O. The second-order valence-electron chi connectivity index (χ2n) is 6.74. The first-order valence-electron chi connectivity index (χ1n) is 9.78. The number of aromatic nitrogens is 2. The summed E-state index contributed by atoms with van der Waals surface area (Å²) in [6.45, 7) is 5.03. The van der Waals surface area contributed by atoms with Crippen LogP contribution in [0.1, 0.15) is 12.5 Å². The van der Waals surface area contributed by atoms with Crippen LogP contribution in [-0.4, -0.2) is 66.3 Å². The lowest BCUT2D eigenvalue weighted by Gasteiger charge is -2.36. The zero-order valence-corrected chi connectivity index (χ0v) is 19.5. The Kier molecular flexibility index (Phi) is 9.59. The number of nitrogens with one attached hydrogen (secondary N) is 1. The summed E-state index contributed by atoms with van der Waals surface area (Å²) in [5.74, 6) is 1.72. The fraction of sp³-hybridized carbons (Fsp3) is 0.450. The van der Waals surface area contributed by atoms with Gasteiger partial charge < -0.3 is 19.9 Å². The summed E-state index contributed by atoms with van der Waals surface area (Å²) >= 11 is 0. The van der Waals surface area contributed by atoms with E-state index in [1.165, 1.54) is 12.1 Å². The maximum atomic E-state index is 12.2. The first-order valence-corrected chi connectivity index (χ1v) is 9.78. The molecule has 0 amide bonds. The van der Waals surface area contributed by atoms with Crippen LogP contribution >= 0.6 is 24.0 Å². The second-order valence-corrected chi connectivity index (χ2v) is 6.74. The van der Waals surface area contributed by atoms with Crippen molar-refractivity contribution >= 4 is 35.9 Å². The fourth-order valence-corrected chi connectivity index (χ4v) is 3.02. The number of halogens is 4. The van der Waals surface area contributed by atoms with Crippen molar-refractivity contribution in [3.8, 4) is 5.75 Å². The zero-order valence-electron chi connectivity index (χ0n) is 17.2. The van der Waals surface area contributed by atoms with Crippen molar-refractivity contribution in [2.24, 2.45) is 4.99 Å². The molecule has 0 aliphatic carbocycles. The number of aliphatic imine (C=N–C) groups is 1. The molecule has 1 aromatic heterocycles. The second kappa shape index (κ2) is 11.9. The molecule has 11 heteroatoms. The van der Waals surface area contributed by atoms with Gasteiger partial charge in [-0.1, -0.05) is 12.1 Å². The Bertz CT molecular complexity index is 812. The Morgan fingerprint density at radius 2 is 1.74 bits per heavy atom. The van der Waals surface area contributed by atoms with Crippen LogP contribution in [0.2, 0.25) is 0 Å². The number of alkyl halides is 3. The highest BCUT2D eigenvalue weighted by molar-refractivity contribution is 14.0. The van der Waals surface area contributed by atoms with Crippen LogP contribution in [0.25, 0.3) is 0 Å². The molecule has 1 fully saturated rings. The molecule has 3 rings (SSSR count). The van der Waals surface area contributed by atoms with E-state index in [9.17, 15) is 13.2 Å². The van der Waals surface area contributed by atoms with Gasteiger partial charge in [-0.2, -0.15) is 13.2 Å². The largest absolute Gasteiger partial charge is 0.484 e. The predicted molar refractivity (Wildman–Crippen MR) is 124 cm³/mol. The Morgan fingerprint density at radius 3 is 2.32 bits per heavy atom. The lowest BCUT2D eigenvalue weighted by Crippen LogP contribution is -2.52. The number of benzene rings is 1. The van der Waals surface area contributed by atoms with Crippen LogP contribution in [0, 0.1) is 0 Å². The number of nitrogens with zero attached hydrogens (tertiary/aromatic N) is 5. The lowest BCUT2D eigenvalue weighted by molar-refractivity contribution is -0.153. The molecule has 170 valence electrons. The minimum Gasteiger partial charge on any atom is -0.484 e. The molecule has 0 bridgehead atoms. The normalized spacial score (nSPS) is 14.8. The quantitative estimate of drug-likeness (QED) is 0.339.